The highest BCUT2D eigenvalue weighted by atomic mass is 32.2. The standard InChI is InChI=1S/C14H18N2O3S/c17-8-6-16(7-9-18)14(19)12-10-20-13(15-12)11-4-2-1-3-5-11/h1-5,12,17-18H,6-10H2. The Kier molecular flexibility index (Phi) is 5.58. The molecule has 20 heavy (non-hydrogen) atoms. The lowest BCUT2D eigenvalue weighted by atomic mass is 10.2. The Labute approximate surface area is 122 Å². The predicted molar refractivity (Wildman–Crippen MR) is 80.0 cm³/mol. The Morgan fingerprint density at radius 3 is 2.50 bits per heavy atom. The number of carbonyl (C=O) groups is 1. The molecule has 1 aromatic carbocycles. The number of thioether (sulfide) groups is 1. The molecule has 1 aliphatic heterocycles. The van der Waals surface area contributed by atoms with Crippen LogP contribution in [0.25, 0.3) is 0 Å². The molecule has 1 heterocycles. The maximum atomic E-state index is 12.3. The summed E-state index contributed by atoms with van der Waals surface area (Å²) in [5.41, 5.74) is 1.02. The Hall–Kier alpha value is -1.37. The van der Waals surface area contributed by atoms with E-state index >= 15 is 0 Å². The van der Waals surface area contributed by atoms with Gasteiger partial charge in [-0.05, 0) is 0 Å². The summed E-state index contributed by atoms with van der Waals surface area (Å²) in [6.07, 6.45) is 0. The number of aliphatic hydroxyl groups excluding tert-OH is 2. The van der Waals surface area contributed by atoms with Gasteiger partial charge in [-0.3, -0.25) is 9.79 Å². The Morgan fingerprint density at radius 2 is 1.90 bits per heavy atom. The quantitative estimate of drug-likeness (QED) is 0.794. The van der Waals surface area contributed by atoms with Crippen LogP contribution in [0.2, 0.25) is 0 Å². The number of aliphatic hydroxyl groups is 2. The minimum Gasteiger partial charge on any atom is -0.395 e. The Bertz CT molecular complexity index is 473. The SMILES string of the molecule is O=C(C1CSC(c2ccccc2)=N1)N(CCO)CCO. The predicted octanol–water partition coefficient (Wildman–Crippen LogP) is 0.362. The molecule has 0 bridgehead atoms. The van der Waals surface area contributed by atoms with Crippen LogP contribution in [0.1, 0.15) is 5.56 Å². The first kappa shape index (κ1) is 15.0. The van der Waals surface area contributed by atoms with Gasteiger partial charge in [0, 0.05) is 24.4 Å². The van der Waals surface area contributed by atoms with Crippen LogP contribution in [0.4, 0.5) is 0 Å². The molecule has 6 heteroatoms. The largest absolute Gasteiger partial charge is 0.395 e. The van der Waals surface area contributed by atoms with Gasteiger partial charge in [0.15, 0.2) is 0 Å². The van der Waals surface area contributed by atoms with Gasteiger partial charge in [-0.15, -0.1) is 11.8 Å². The number of amides is 1. The third-order valence-electron chi connectivity index (χ3n) is 3.01. The van der Waals surface area contributed by atoms with Crippen molar-refractivity contribution in [3.63, 3.8) is 0 Å². The summed E-state index contributed by atoms with van der Waals surface area (Å²) in [6.45, 7) is 0.245. The van der Waals surface area contributed by atoms with Gasteiger partial charge < -0.3 is 15.1 Å². The number of hydrogen-bond acceptors (Lipinski definition) is 5. The number of benzene rings is 1. The number of nitrogens with zero attached hydrogens (tertiary/aromatic N) is 2. The molecular weight excluding hydrogens is 276 g/mol. The summed E-state index contributed by atoms with van der Waals surface area (Å²) in [5, 5.41) is 18.8. The zero-order valence-corrected chi connectivity index (χ0v) is 11.9. The Morgan fingerprint density at radius 1 is 1.25 bits per heavy atom. The molecule has 108 valence electrons. The minimum absolute atomic E-state index is 0.110. The van der Waals surface area contributed by atoms with Crippen molar-refractivity contribution >= 4 is 22.7 Å². The fraction of sp³-hybridized carbons (Fsp3) is 0.429. The van der Waals surface area contributed by atoms with E-state index in [1.165, 1.54) is 4.90 Å². The van der Waals surface area contributed by atoms with Crippen LogP contribution in [-0.2, 0) is 4.79 Å². The average molecular weight is 294 g/mol. The van der Waals surface area contributed by atoms with Crippen LogP contribution in [0.15, 0.2) is 35.3 Å². The molecule has 1 aliphatic rings. The summed E-state index contributed by atoms with van der Waals surface area (Å²) in [7, 11) is 0. The van der Waals surface area contributed by atoms with E-state index in [0.29, 0.717) is 5.75 Å². The van der Waals surface area contributed by atoms with Crippen molar-refractivity contribution in [1.29, 1.82) is 0 Å². The van der Waals surface area contributed by atoms with Gasteiger partial charge in [0.05, 0.1) is 18.3 Å². The minimum atomic E-state index is -0.423. The lowest BCUT2D eigenvalue weighted by Gasteiger charge is -2.22. The van der Waals surface area contributed by atoms with Crippen LogP contribution < -0.4 is 0 Å². The molecule has 0 aliphatic carbocycles. The molecule has 1 atom stereocenters. The lowest BCUT2D eigenvalue weighted by molar-refractivity contribution is -0.132. The van der Waals surface area contributed by atoms with Gasteiger partial charge in [0.1, 0.15) is 6.04 Å². The lowest BCUT2D eigenvalue weighted by Crippen LogP contribution is -2.41. The van der Waals surface area contributed by atoms with Crippen LogP contribution in [-0.4, -0.2) is 64.2 Å². The number of carbonyl (C=O) groups excluding carboxylic acids is 1. The highest BCUT2D eigenvalue weighted by Gasteiger charge is 2.29. The van der Waals surface area contributed by atoms with Gasteiger partial charge in [0.2, 0.25) is 5.91 Å². The summed E-state index contributed by atoms with van der Waals surface area (Å²) < 4.78 is 0. The van der Waals surface area contributed by atoms with E-state index in [1.807, 2.05) is 30.3 Å². The fourth-order valence-electron chi connectivity index (χ4n) is 2.02. The van der Waals surface area contributed by atoms with Crippen LogP contribution in [0.3, 0.4) is 0 Å². The van der Waals surface area contributed by atoms with E-state index in [4.69, 9.17) is 10.2 Å². The second-order valence-corrected chi connectivity index (χ2v) is 5.41. The average Bonchev–Trinajstić information content (AvgIpc) is 2.97. The van der Waals surface area contributed by atoms with Crippen LogP contribution in [0, 0.1) is 0 Å². The zero-order chi connectivity index (χ0) is 14.4. The van der Waals surface area contributed by atoms with Gasteiger partial charge in [-0.2, -0.15) is 0 Å². The van der Waals surface area contributed by atoms with Crippen molar-refractivity contribution in [3.8, 4) is 0 Å². The Balaban J connectivity index is 2.07. The first-order valence-corrected chi connectivity index (χ1v) is 7.51. The molecule has 0 saturated heterocycles. The van der Waals surface area contributed by atoms with Crippen molar-refractivity contribution in [3.05, 3.63) is 35.9 Å². The first-order valence-electron chi connectivity index (χ1n) is 6.52. The molecule has 0 spiro atoms. The number of aliphatic imine (C=N–C) groups is 1. The highest BCUT2D eigenvalue weighted by molar-refractivity contribution is 8.14. The molecule has 2 N–H and O–H groups in total. The number of hydrogen-bond donors (Lipinski definition) is 2. The third-order valence-corrected chi connectivity index (χ3v) is 4.11. The molecule has 0 radical (unpaired) electrons. The van der Waals surface area contributed by atoms with E-state index in [2.05, 4.69) is 4.99 Å². The van der Waals surface area contributed by atoms with E-state index in [1.54, 1.807) is 11.8 Å². The summed E-state index contributed by atoms with van der Waals surface area (Å²) in [4.78, 5) is 18.2. The topological polar surface area (TPSA) is 73.1 Å². The molecule has 0 fully saturated rings. The van der Waals surface area contributed by atoms with Gasteiger partial charge in [0.25, 0.3) is 0 Å². The summed E-state index contributed by atoms with van der Waals surface area (Å²) >= 11 is 1.56. The van der Waals surface area contributed by atoms with Crippen molar-refractivity contribution < 1.29 is 15.0 Å². The third kappa shape index (κ3) is 3.59. The molecule has 0 aromatic heterocycles. The monoisotopic (exact) mass is 294 g/mol. The highest BCUT2D eigenvalue weighted by Crippen LogP contribution is 2.24. The van der Waals surface area contributed by atoms with Gasteiger partial charge in [-0.25, -0.2) is 0 Å². The summed E-state index contributed by atoms with van der Waals surface area (Å²) in [6, 6.07) is 9.34. The molecule has 5 nitrogen and oxygen atoms in total. The second-order valence-electron chi connectivity index (χ2n) is 4.40. The first-order chi connectivity index (χ1) is 9.76. The molecular formula is C14H18N2O3S. The van der Waals surface area contributed by atoms with E-state index in [9.17, 15) is 4.79 Å². The van der Waals surface area contributed by atoms with Crippen molar-refractivity contribution in [2.24, 2.45) is 4.99 Å². The molecule has 1 amide bonds. The summed E-state index contributed by atoms with van der Waals surface area (Å²) in [5.74, 6) is 0.475. The van der Waals surface area contributed by atoms with Crippen molar-refractivity contribution in [1.82, 2.24) is 4.90 Å². The van der Waals surface area contributed by atoms with Gasteiger partial charge in [-0.1, -0.05) is 30.3 Å². The second kappa shape index (κ2) is 7.42. The van der Waals surface area contributed by atoms with Crippen molar-refractivity contribution in [2.75, 3.05) is 32.1 Å². The number of rotatable bonds is 6. The maximum Gasteiger partial charge on any atom is 0.248 e. The van der Waals surface area contributed by atoms with E-state index in [-0.39, 0.29) is 32.2 Å². The van der Waals surface area contributed by atoms with E-state index < -0.39 is 6.04 Å². The van der Waals surface area contributed by atoms with Crippen LogP contribution in [0.5, 0.6) is 0 Å². The zero-order valence-electron chi connectivity index (χ0n) is 11.1. The van der Waals surface area contributed by atoms with Crippen LogP contribution >= 0.6 is 11.8 Å². The fourth-order valence-corrected chi connectivity index (χ4v) is 3.06. The normalized spacial score (nSPS) is 17.9. The molecule has 0 saturated carbocycles. The maximum absolute atomic E-state index is 12.3. The molecule has 2 rings (SSSR count). The molecule has 1 unspecified atom stereocenters. The van der Waals surface area contributed by atoms with Gasteiger partial charge >= 0.3 is 0 Å². The van der Waals surface area contributed by atoms with E-state index in [0.717, 1.165) is 10.6 Å². The smallest absolute Gasteiger partial charge is 0.248 e. The van der Waals surface area contributed by atoms with Crippen molar-refractivity contribution in [2.45, 2.75) is 6.04 Å². The molecule has 1 aromatic rings.